The third kappa shape index (κ3) is 4.18. The zero-order valence-electron chi connectivity index (χ0n) is 13.9. The van der Waals surface area contributed by atoms with Crippen LogP contribution in [0.4, 0.5) is 10.5 Å². The van der Waals surface area contributed by atoms with Crippen molar-refractivity contribution >= 4 is 17.7 Å². The first-order chi connectivity index (χ1) is 11.2. The number of nitrogens with zero attached hydrogens (tertiary/aromatic N) is 4. The number of nitro groups is 1. The molecule has 130 valence electrons. The van der Waals surface area contributed by atoms with E-state index in [9.17, 15) is 19.7 Å². The van der Waals surface area contributed by atoms with Crippen molar-refractivity contribution in [3.63, 3.8) is 0 Å². The van der Waals surface area contributed by atoms with Gasteiger partial charge < -0.3 is 14.5 Å². The van der Waals surface area contributed by atoms with Crippen LogP contribution in [0, 0.1) is 10.1 Å². The first-order valence-electron chi connectivity index (χ1n) is 7.54. The molecule has 0 saturated carbocycles. The molecule has 1 aromatic heterocycles. The van der Waals surface area contributed by atoms with Crippen LogP contribution >= 0.6 is 0 Å². The highest BCUT2D eigenvalue weighted by molar-refractivity contribution is 5.98. The number of pyridine rings is 1. The fraction of sp³-hybridized carbons (Fsp3) is 0.533. The maximum atomic E-state index is 12.5. The number of carbonyl (C=O) groups excluding carboxylic acids is 2. The maximum Gasteiger partial charge on any atom is 0.410 e. The van der Waals surface area contributed by atoms with E-state index in [2.05, 4.69) is 4.98 Å². The van der Waals surface area contributed by atoms with Gasteiger partial charge in [0.2, 0.25) is 0 Å². The minimum absolute atomic E-state index is 0.000665. The molecule has 0 N–H and O–H groups in total. The number of carbonyl (C=O) groups is 2. The van der Waals surface area contributed by atoms with Crippen molar-refractivity contribution in [2.75, 3.05) is 26.2 Å². The summed E-state index contributed by atoms with van der Waals surface area (Å²) in [7, 11) is 0. The van der Waals surface area contributed by atoms with Crippen molar-refractivity contribution in [2.45, 2.75) is 26.4 Å². The molecule has 2 heterocycles. The van der Waals surface area contributed by atoms with Gasteiger partial charge >= 0.3 is 6.09 Å². The monoisotopic (exact) mass is 336 g/mol. The van der Waals surface area contributed by atoms with Gasteiger partial charge in [-0.25, -0.2) is 4.79 Å². The van der Waals surface area contributed by atoms with Crippen molar-refractivity contribution in [2.24, 2.45) is 0 Å². The molecule has 0 radical (unpaired) electrons. The summed E-state index contributed by atoms with van der Waals surface area (Å²) in [5, 5.41) is 11.0. The highest BCUT2D eigenvalue weighted by atomic mass is 16.6. The molecule has 1 fully saturated rings. The minimum atomic E-state index is -0.628. The SMILES string of the molecule is CC(C)(C)OC(=O)N1CCN(C(=O)c2ccncc2[N+](=O)[O-])CC1. The van der Waals surface area contributed by atoms with E-state index in [1.807, 2.05) is 0 Å². The Morgan fingerprint density at radius 2 is 1.79 bits per heavy atom. The smallest absolute Gasteiger partial charge is 0.410 e. The van der Waals surface area contributed by atoms with Gasteiger partial charge in [0.05, 0.1) is 4.92 Å². The van der Waals surface area contributed by atoms with Crippen LogP contribution in [-0.4, -0.2) is 63.5 Å². The average molecular weight is 336 g/mol. The van der Waals surface area contributed by atoms with Crippen LogP contribution in [0.15, 0.2) is 18.5 Å². The van der Waals surface area contributed by atoms with Gasteiger partial charge in [0.25, 0.3) is 11.6 Å². The maximum absolute atomic E-state index is 12.5. The third-order valence-corrected chi connectivity index (χ3v) is 3.45. The predicted molar refractivity (Wildman–Crippen MR) is 84.6 cm³/mol. The van der Waals surface area contributed by atoms with E-state index >= 15 is 0 Å². The Hall–Kier alpha value is -2.71. The Balaban J connectivity index is 2.01. The Kier molecular flexibility index (Phi) is 5.01. The van der Waals surface area contributed by atoms with E-state index in [1.165, 1.54) is 22.1 Å². The number of aromatic nitrogens is 1. The summed E-state index contributed by atoms with van der Waals surface area (Å²) in [5.41, 5.74) is -0.903. The molecule has 0 bridgehead atoms. The minimum Gasteiger partial charge on any atom is -0.444 e. The topological polar surface area (TPSA) is 106 Å². The first kappa shape index (κ1) is 17.6. The fourth-order valence-corrected chi connectivity index (χ4v) is 2.30. The molecule has 0 spiro atoms. The lowest BCUT2D eigenvalue weighted by molar-refractivity contribution is -0.385. The second-order valence-electron chi connectivity index (χ2n) is 6.41. The van der Waals surface area contributed by atoms with E-state index in [0.29, 0.717) is 13.1 Å². The van der Waals surface area contributed by atoms with E-state index < -0.39 is 22.5 Å². The molecule has 9 heteroatoms. The Labute approximate surface area is 139 Å². The zero-order valence-corrected chi connectivity index (χ0v) is 13.9. The van der Waals surface area contributed by atoms with Crippen molar-refractivity contribution in [3.8, 4) is 0 Å². The molecule has 1 saturated heterocycles. The highest BCUT2D eigenvalue weighted by Crippen LogP contribution is 2.19. The van der Waals surface area contributed by atoms with Gasteiger partial charge in [-0.15, -0.1) is 0 Å². The van der Waals surface area contributed by atoms with Crippen LogP contribution in [0.25, 0.3) is 0 Å². The van der Waals surface area contributed by atoms with Crippen LogP contribution in [-0.2, 0) is 4.74 Å². The highest BCUT2D eigenvalue weighted by Gasteiger charge is 2.30. The zero-order chi connectivity index (χ0) is 17.9. The fourth-order valence-electron chi connectivity index (χ4n) is 2.30. The molecule has 0 unspecified atom stereocenters. The second-order valence-corrected chi connectivity index (χ2v) is 6.41. The summed E-state index contributed by atoms with van der Waals surface area (Å²) in [4.78, 5) is 41.6. The molecule has 2 rings (SSSR count). The van der Waals surface area contributed by atoms with Crippen LogP contribution < -0.4 is 0 Å². The van der Waals surface area contributed by atoms with E-state index in [-0.39, 0.29) is 24.3 Å². The van der Waals surface area contributed by atoms with E-state index in [4.69, 9.17) is 4.74 Å². The second kappa shape index (κ2) is 6.81. The molecule has 9 nitrogen and oxygen atoms in total. The summed E-state index contributed by atoms with van der Waals surface area (Å²) in [6, 6.07) is 1.33. The Morgan fingerprint density at radius 1 is 1.21 bits per heavy atom. The number of hydrogen-bond acceptors (Lipinski definition) is 6. The van der Waals surface area contributed by atoms with Gasteiger partial charge in [-0.05, 0) is 26.8 Å². The lowest BCUT2D eigenvalue weighted by Gasteiger charge is -2.35. The van der Waals surface area contributed by atoms with E-state index in [0.717, 1.165) is 6.20 Å². The van der Waals surface area contributed by atoms with Gasteiger partial charge in [0.1, 0.15) is 17.4 Å². The predicted octanol–water partition coefficient (Wildman–Crippen LogP) is 1.68. The molecule has 0 aromatic carbocycles. The summed E-state index contributed by atoms with van der Waals surface area (Å²) < 4.78 is 5.29. The summed E-state index contributed by atoms with van der Waals surface area (Å²) in [6.07, 6.45) is 1.98. The molecule has 1 aliphatic rings. The Morgan fingerprint density at radius 3 is 2.33 bits per heavy atom. The van der Waals surface area contributed by atoms with Gasteiger partial charge in [-0.1, -0.05) is 0 Å². The number of rotatable bonds is 2. The van der Waals surface area contributed by atoms with Crippen LogP contribution in [0.3, 0.4) is 0 Å². The van der Waals surface area contributed by atoms with Crippen LogP contribution in [0.5, 0.6) is 0 Å². The molecule has 24 heavy (non-hydrogen) atoms. The number of ether oxygens (including phenoxy) is 1. The Bertz CT molecular complexity index is 648. The summed E-state index contributed by atoms with van der Waals surface area (Å²) in [5.74, 6) is -0.437. The molecule has 1 aliphatic heterocycles. The number of piperazine rings is 1. The van der Waals surface area contributed by atoms with Gasteiger partial charge in [-0.2, -0.15) is 0 Å². The van der Waals surface area contributed by atoms with Crippen molar-refractivity contribution in [1.29, 1.82) is 0 Å². The summed E-state index contributed by atoms with van der Waals surface area (Å²) in [6.45, 7) is 6.57. The lowest BCUT2D eigenvalue weighted by Crippen LogP contribution is -2.51. The normalized spacial score (nSPS) is 15.1. The molecule has 2 amide bonds. The molecular formula is C15H20N4O5. The van der Waals surface area contributed by atoms with Crippen LogP contribution in [0.1, 0.15) is 31.1 Å². The van der Waals surface area contributed by atoms with Gasteiger partial charge in [0.15, 0.2) is 0 Å². The summed E-state index contributed by atoms with van der Waals surface area (Å²) >= 11 is 0. The number of hydrogen-bond donors (Lipinski definition) is 0. The molecule has 0 aliphatic carbocycles. The van der Waals surface area contributed by atoms with Crippen molar-refractivity contribution in [1.82, 2.24) is 14.8 Å². The third-order valence-electron chi connectivity index (χ3n) is 3.45. The van der Waals surface area contributed by atoms with Gasteiger partial charge in [0, 0.05) is 32.4 Å². The van der Waals surface area contributed by atoms with Crippen molar-refractivity contribution in [3.05, 3.63) is 34.1 Å². The number of amides is 2. The lowest BCUT2D eigenvalue weighted by atomic mass is 10.2. The standard InChI is InChI=1S/C15H20N4O5/c1-15(2,3)24-14(21)18-8-6-17(7-9-18)13(20)11-4-5-16-10-12(11)19(22)23/h4-5,10H,6-9H2,1-3H3. The first-order valence-corrected chi connectivity index (χ1v) is 7.54. The van der Waals surface area contributed by atoms with Gasteiger partial charge in [-0.3, -0.25) is 19.9 Å². The van der Waals surface area contributed by atoms with E-state index in [1.54, 1.807) is 20.8 Å². The average Bonchev–Trinajstić information content (AvgIpc) is 2.52. The quantitative estimate of drug-likeness (QED) is 0.601. The molecule has 1 aromatic rings. The van der Waals surface area contributed by atoms with Crippen LogP contribution in [0.2, 0.25) is 0 Å². The molecular weight excluding hydrogens is 316 g/mol. The largest absolute Gasteiger partial charge is 0.444 e. The van der Waals surface area contributed by atoms with Crippen molar-refractivity contribution < 1.29 is 19.2 Å². The molecule has 0 atom stereocenters.